The number of carbonyl (C=O) groups excluding carboxylic acids is 2. The molecule has 1 aromatic heterocycles. The molecule has 2 aromatic carbocycles. The van der Waals surface area contributed by atoms with Crippen LogP contribution in [0.5, 0.6) is 0 Å². The molecule has 3 aromatic rings. The zero-order valence-corrected chi connectivity index (χ0v) is 16.8. The van der Waals surface area contributed by atoms with Crippen LogP contribution in [0.1, 0.15) is 5.56 Å². The van der Waals surface area contributed by atoms with E-state index < -0.39 is 21.7 Å². The molecule has 0 N–H and O–H groups in total. The fraction of sp³-hybridized carbons (Fsp3) is 0.105. The average molecular weight is 442 g/mol. The Balaban J connectivity index is 2.00. The summed E-state index contributed by atoms with van der Waals surface area (Å²) in [5.74, 6) is -1.26. The first-order valence-corrected chi connectivity index (χ1v) is 9.46. The molecular formula is C19H14N4O7S. The standard InChI is InChI=1S/C19H14N4O7S/c1-30-18(25)11-21-15-7-6-14(23(28)29)10-16(15)31-19(21)20-17(24)8-5-12-3-2-4-13(9-12)22(26)27/h2-10H,11H2,1H3/b8-5+,20-19?. The van der Waals surface area contributed by atoms with E-state index in [0.29, 0.717) is 15.8 Å². The monoisotopic (exact) mass is 442 g/mol. The van der Waals surface area contributed by atoms with Crippen molar-refractivity contribution in [2.45, 2.75) is 6.54 Å². The van der Waals surface area contributed by atoms with Crippen LogP contribution < -0.4 is 4.80 Å². The van der Waals surface area contributed by atoms with E-state index in [0.717, 1.165) is 17.4 Å². The summed E-state index contributed by atoms with van der Waals surface area (Å²) in [7, 11) is 1.21. The number of carbonyl (C=O) groups is 2. The molecule has 1 amide bonds. The summed E-state index contributed by atoms with van der Waals surface area (Å²) < 4.78 is 6.56. The minimum Gasteiger partial charge on any atom is -0.468 e. The van der Waals surface area contributed by atoms with Crippen LogP contribution in [0, 0.1) is 20.2 Å². The Bertz CT molecular complexity index is 1310. The van der Waals surface area contributed by atoms with Crippen molar-refractivity contribution in [3.8, 4) is 0 Å². The SMILES string of the molecule is COC(=O)Cn1c(=NC(=O)/C=C/c2cccc([N+](=O)[O-])c2)sc2cc([N+](=O)[O-])ccc21. The maximum atomic E-state index is 12.3. The predicted octanol–water partition coefficient (Wildman–Crippen LogP) is 2.83. The quantitative estimate of drug-likeness (QED) is 0.247. The summed E-state index contributed by atoms with van der Waals surface area (Å²) in [6, 6.07) is 9.80. The lowest BCUT2D eigenvalue weighted by molar-refractivity contribution is -0.385. The maximum Gasteiger partial charge on any atom is 0.325 e. The van der Waals surface area contributed by atoms with Gasteiger partial charge in [0.25, 0.3) is 17.3 Å². The molecule has 3 rings (SSSR count). The Kier molecular flexibility index (Phi) is 6.31. The second-order valence-electron chi connectivity index (χ2n) is 6.09. The number of fused-ring (bicyclic) bond motifs is 1. The number of hydrogen-bond acceptors (Lipinski definition) is 8. The number of methoxy groups -OCH3 is 1. The first-order valence-electron chi connectivity index (χ1n) is 8.64. The highest BCUT2D eigenvalue weighted by molar-refractivity contribution is 7.16. The molecule has 12 heteroatoms. The fourth-order valence-electron chi connectivity index (χ4n) is 2.65. The molecule has 0 radical (unpaired) electrons. The summed E-state index contributed by atoms with van der Waals surface area (Å²) in [6.45, 7) is -0.241. The van der Waals surface area contributed by atoms with Gasteiger partial charge >= 0.3 is 5.97 Å². The van der Waals surface area contributed by atoms with Gasteiger partial charge in [0.2, 0.25) is 0 Å². The first-order chi connectivity index (χ1) is 14.8. The second-order valence-corrected chi connectivity index (χ2v) is 7.10. The van der Waals surface area contributed by atoms with E-state index in [9.17, 15) is 29.8 Å². The van der Waals surface area contributed by atoms with Crippen molar-refractivity contribution in [1.82, 2.24) is 4.57 Å². The zero-order chi connectivity index (χ0) is 22.5. The van der Waals surface area contributed by atoms with Gasteiger partial charge in [0.15, 0.2) is 4.80 Å². The number of esters is 1. The third-order valence-corrected chi connectivity index (χ3v) is 5.14. The molecule has 0 atom stereocenters. The smallest absolute Gasteiger partial charge is 0.325 e. The Labute approximate surface area is 177 Å². The number of ether oxygens (including phenoxy) is 1. The maximum absolute atomic E-state index is 12.3. The van der Waals surface area contributed by atoms with Gasteiger partial charge in [0, 0.05) is 30.3 Å². The molecule has 0 unspecified atom stereocenters. The molecule has 0 saturated heterocycles. The molecule has 0 fully saturated rings. The Hall–Kier alpha value is -4.19. The van der Waals surface area contributed by atoms with Crippen LogP contribution in [0.15, 0.2) is 53.5 Å². The number of benzene rings is 2. The zero-order valence-electron chi connectivity index (χ0n) is 16.0. The van der Waals surface area contributed by atoms with Gasteiger partial charge < -0.3 is 9.30 Å². The van der Waals surface area contributed by atoms with Gasteiger partial charge in [-0.2, -0.15) is 4.99 Å². The number of aromatic nitrogens is 1. The second kappa shape index (κ2) is 9.09. The highest BCUT2D eigenvalue weighted by atomic mass is 32.1. The minimum absolute atomic E-state index is 0.117. The molecular weight excluding hydrogens is 428 g/mol. The molecule has 1 heterocycles. The van der Waals surface area contributed by atoms with Gasteiger partial charge in [-0.15, -0.1) is 0 Å². The third kappa shape index (κ3) is 5.05. The van der Waals surface area contributed by atoms with Crippen molar-refractivity contribution in [2.75, 3.05) is 7.11 Å². The molecule has 0 aliphatic heterocycles. The number of hydrogen-bond donors (Lipinski definition) is 0. The van der Waals surface area contributed by atoms with Crippen LogP contribution in [-0.4, -0.2) is 33.4 Å². The summed E-state index contributed by atoms with van der Waals surface area (Å²) in [4.78, 5) is 49.0. The summed E-state index contributed by atoms with van der Waals surface area (Å²) in [5.41, 5.74) is 0.665. The van der Waals surface area contributed by atoms with Crippen molar-refractivity contribution in [3.63, 3.8) is 0 Å². The Morgan fingerprint density at radius 1 is 1.13 bits per heavy atom. The van der Waals surface area contributed by atoms with E-state index in [1.165, 1.54) is 54.2 Å². The van der Waals surface area contributed by atoms with Crippen molar-refractivity contribution < 1.29 is 24.2 Å². The van der Waals surface area contributed by atoms with Crippen LogP contribution in [0.3, 0.4) is 0 Å². The largest absolute Gasteiger partial charge is 0.468 e. The molecule has 0 spiro atoms. The van der Waals surface area contributed by atoms with E-state index in [4.69, 9.17) is 0 Å². The van der Waals surface area contributed by atoms with Gasteiger partial charge in [-0.05, 0) is 17.7 Å². The summed E-state index contributed by atoms with van der Waals surface area (Å²) in [6.07, 6.45) is 2.51. The van der Waals surface area contributed by atoms with Crippen molar-refractivity contribution in [1.29, 1.82) is 0 Å². The van der Waals surface area contributed by atoms with Gasteiger partial charge in [-0.25, -0.2) is 0 Å². The molecule has 31 heavy (non-hydrogen) atoms. The number of nitro benzene ring substituents is 2. The van der Waals surface area contributed by atoms with Crippen molar-refractivity contribution >= 4 is 50.9 Å². The van der Waals surface area contributed by atoms with Gasteiger partial charge in [-0.3, -0.25) is 29.8 Å². The van der Waals surface area contributed by atoms with Crippen molar-refractivity contribution in [2.24, 2.45) is 4.99 Å². The number of nitrogens with zero attached hydrogens (tertiary/aromatic N) is 4. The minimum atomic E-state index is -0.675. The first kappa shape index (κ1) is 21.5. The van der Waals surface area contributed by atoms with E-state index in [1.807, 2.05) is 0 Å². The number of rotatable bonds is 6. The number of non-ortho nitro benzene ring substituents is 2. The number of nitro groups is 2. The van der Waals surface area contributed by atoms with Crippen LogP contribution in [0.25, 0.3) is 16.3 Å². The topological polar surface area (TPSA) is 147 Å². The van der Waals surface area contributed by atoms with Crippen LogP contribution in [0.4, 0.5) is 11.4 Å². The molecule has 11 nitrogen and oxygen atoms in total. The lowest BCUT2D eigenvalue weighted by Gasteiger charge is -2.03. The van der Waals surface area contributed by atoms with Gasteiger partial charge in [0.05, 0.1) is 27.2 Å². The average Bonchev–Trinajstić information content (AvgIpc) is 3.08. The highest BCUT2D eigenvalue weighted by Gasteiger charge is 2.15. The predicted molar refractivity (Wildman–Crippen MR) is 111 cm³/mol. The van der Waals surface area contributed by atoms with Gasteiger partial charge in [0.1, 0.15) is 6.54 Å². The molecule has 0 bridgehead atoms. The summed E-state index contributed by atoms with van der Waals surface area (Å²) >= 11 is 1.00. The van der Waals surface area contributed by atoms with Crippen LogP contribution in [0.2, 0.25) is 0 Å². The van der Waals surface area contributed by atoms with Crippen molar-refractivity contribution in [3.05, 3.63) is 79.1 Å². The number of thiazole rings is 1. The van der Waals surface area contributed by atoms with E-state index >= 15 is 0 Å². The van der Waals surface area contributed by atoms with E-state index in [1.54, 1.807) is 6.07 Å². The molecule has 0 aliphatic rings. The van der Waals surface area contributed by atoms with E-state index in [-0.39, 0.29) is 22.7 Å². The Morgan fingerprint density at radius 2 is 1.84 bits per heavy atom. The van der Waals surface area contributed by atoms with Crippen LogP contribution in [-0.2, 0) is 20.9 Å². The van der Waals surface area contributed by atoms with Crippen LogP contribution >= 0.6 is 11.3 Å². The molecule has 0 aliphatic carbocycles. The number of amides is 1. The molecule has 0 saturated carbocycles. The lowest BCUT2D eigenvalue weighted by Crippen LogP contribution is -2.22. The lowest BCUT2D eigenvalue weighted by atomic mass is 10.2. The normalized spacial score (nSPS) is 11.7. The highest BCUT2D eigenvalue weighted by Crippen LogP contribution is 2.23. The Morgan fingerprint density at radius 3 is 2.52 bits per heavy atom. The third-order valence-electron chi connectivity index (χ3n) is 4.10. The van der Waals surface area contributed by atoms with Gasteiger partial charge in [-0.1, -0.05) is 23.5 Å². The molecule has 158 valence electrons. The fourth-order valence-corrected chi connectivity index (χ4v) is 3.72. The summed E-state index contributed by atoms with van der Waals surface area (Å²) in [5, 5.41) is 21.9. The van der Waals surface area contributed by atoms with E-state index in [2.05, 4.69) is 9.73 Å².